The zero-order chi connectivity index (χ0) is 14.8. The number of hydrogen-bond acceptors (Lipinski definition) is 2. The number of fused-ring (bicyclic) bond motifs is 1. The fourth-order valence-corrected chi connectivity index (χ4v) is 2.69. The van der Waals surface area contributed by atoms with Crippen molar-refractivity contribution >= 4 is 5.97 Å². The highest BCUT2D eigenvalue weighted by Crippen LogP contribution is 2.33. The van der Waals surface area contributed by atoms with Gasteiger partial charge in [0.1, 0.15) is 6.10 Å². The summed E-state index contributed by atoms with van der Waals surface area (Å²) in [6, 6.07) is 11.2. The van der Waals surface area contributed by atoms with Gasteiger partial charge < -0.3 is 4.74 Å². The molecule has 0 fully saturated rings. The van der Waals surface area contributed by atoms with Gasteiger partial charge in [-0.1, -0.05) is 30.3 Å². The highest BCUT2D eigenvalue weighted by molar-refractivity contribution is 5.89. The summed E-state index contributed by atoms with van der Waals surface area (Å²) in [7, 11) is 0. The average molecular weight is 288 g/mol. The first-order valence-corrected chi connectivity index (χ1v) is 6.89. The maximum Gasteiger partial charge on any atom is 0.341 e. The van der Waals surface area contributed by atoms with Gasteiger partial charge in [0.2, 0.25) is 0 Å². The van der Waals surface area contributed by atoms with E-state index < -0.39 is 23.7 Å². The molecule has 108 valence electrons. The molecule has 0 saturated heterocycles. The van der Waals surface area contributed by atoms with E-state index in [2.05, 4.69) is 0 Å². The van der Waals surface area contributed by atoms with E-state index in [1.807, 2.05) is 24.3 Å². The quantitative estimate of drug-likeness (QED) is 0.774. The SMILES string of the molecule is O=C(OC1CCCc2ccccc21)c1cccc(F)c1F. The zero-order valence-electron chi connectivity index (χ0n) is 11.3. The summed E-state index contributed by atoms with van der Waals surface area (Å²) in [5, 5.41) is 0. The van der Waals surface area contributed by atoms with E-state index in [4.69, 9.17) is 4.74 Å². The lowest BCUT2D eigenvalue weighted by atomic mass is 9.89. The van der Waals surface area contributed by atoms with Gasteiger partial charge in [-0.25, -0.2) is 13.6 Å². The fraction of sp³-hybridized carbons (Fsp3) is 0.235. The van der Waals surface area contributed by atoms with E-state index in [-0.39, 0.29) is 5.56 Å². The van der Waals surface area contributed by atoms with E-state index in [0.29, 0.717) is 6.42 Å². The maximum absolute atomic E-state index is 13.6. The molecule has 0 spiro atoms. The number of esters is 1. The number of ether oxygens (including phenoxy) is 1. The molecule has 2 aromatic rings. The summed E-state index contributed by atoms with van der Waals surface area (Å²) in [6.07, 6.45) is 2.14. The number of rotatable bonds is 2. The number of aryl methyl sites for hydroxylation is 1. The second kappa shape index (κ2) is 5.64. The molecule has 3 rings (SSSR count). The third-order valence-corrected chi connectivity index (χ3v) is 3.74. The van der Waals surface area contributed by atoms with Crippen molar-refractivity contribution in [1.82, 2.24) is 0 Å². The van der Waals surface area contributed by atoms with Gasteiger partial charge in [0.25, 0.3) is 0 Å². The molecular weight excluding hydrogens is 274 g/mol. The Hall–Kier alpha value is -2.23. The Morgan fingerprint density at radius 3 is 2.76 bits per heavy atom. The second-order valence-electron chi connectivity index (χ2n) is 5.09. The predicted molar refractivity (Wildman–Crippen MR) is 73.9 cm³/mol. The molecular formula is C17H14F2O2. The molecule has 4 heteroatoms. The number of carbonyl (C=O) groups excluding carboxylic acids is 1. The molecule has 21 heavy (non-hydrogen) atoms. The Morgan fingerprint density at radius 2 is 1.90 bits per heavy atom. The molecule has 0 N–H and O–H groups in total. The van der Waals surface area contributed by atoms with Crippen LogP contribution in [0, 0.1) is 11.6 Å². The van der Waals surface area contributed by atoms with Gasteiger partial charge in [-0.2, -0.15) is 0 Å². The normalized spacial score (nSPS) is 17.1. The lowest BCUT2D eigenvalue weighted by molar-refractivity contribution is 0.0250. The van der Waals surface area contributed by atoms with Crippen LogP contribution < -0.4 is 0 Å². The molecule has 0 radical (unpaired) electrons. The van der Waals surface area contributed by atoms with Crippen LogP contribution in [0.25, 0.3) is 0 Å². The van der Waals surface area contributed by atoms with Gasteiger partial charge in [0.05, 0.1) is 5.56 Å². The first-order chi connectivity index (χ1) is 10.2. The Bertz CT molecular complexity index is 682. The lowest BCUT2D eigenvalue weighted by Gasteiger charge is -2.25. The van der Waals surface area contributed by atoms with Crippen LogP contribution in [0.15, 0.2) is 42.5 Å². The van der Waals surface area contributed by atoms with Gasteiger partial charge >= 0.3 is 5.97 Å². The van der Waals surface area contributed by atoms with Gasteiger partial charge in [-0.15, -0.1) is 0 Å². The Labute approximate surface area is 121 Å². The van der Waals surface area contributed by atoms with Crippen molar-refractivity contribution in [3.8, 4) is 0 Å². The maximum atomic E-state index is 13.6. The van der Waals surface area contributed by atoms with Gasteiger partial charge in [0, 0.05) is 0 Å². The first kappa shape index (κ1) is 13.7. The van der Waals surface area contributed by atoms with Crippen molar-refractivity contribution in [3.63, 3.8) is 0 Å². The predicted octanol–water partition coefficient (Wildman–Crippen LogP) is 4.20. The molecule has 0 bridgehead atoms. The van der Waals surface area contributed by atoms with E-state index in [0.717, 1.165) is 30.0 Å². The third-order valence-electron chi connectivity index (χ3n) is 3.74. The molecule has 0 aliphatic heterocycles. The standard InChI is InChI=1S/C17H14F2O2/c18-14-9-4-8-13(16(14)19)17(20)21-15-10-3-6-11-5-1-2-7-12(11)15/h1-2,4-5,7-9,15H,3,6,10H2. The highest BCUT2D eigenvalue weighted by atomic mass is 19.2. The highest BCUT2D eigenvalue weighted by Gasteiger charge is 2.25. The zero-order valence-corrected chi connectivity index (χ0v) is 11.3. The van der Waals surface area contributed by atoms with Crippen LogP contribution in [0.2, 0.25) is 0 Å². The third kappa shape index (κ3) is 2.66. The van der Waals surface area contributed by atoms with Crippen LogP contribution in [0.5, 0.6) is 0 Å². The summed E-state index contributed by atoms with van der Waals surface area (Å²) >= 11 is 0. The van der Waals surface area contributed by atoms with Crippen LogP contribution in [0.3, 0.4) is 0 Å². The van der Waals surface area contributed by atoms with Crippen LogP contribution in [0.4, 0.5) is 8.78 Å². The van der Waals surface area contributed by atoms with E-state index >= 15 is 0 Å². The smallest absolute Gasteiger partial charge is 0.341 e. The largest absolute Gasteiger partial charge is 0.454 e. The second-order valence-corrected chi connectivity index (χ2v) is 5.09. The Kier molecular flexibility index (Phi) is 3.69. The summed E-state index contributed by atoms with van der Waals surface area (Å²) in [6.45, 7) is 0. The monoisotopic (exact) mass is 288 g/mol. The minimum Gasteiger partial charge on any atom is -0.454 e. The van der Waals surface area contributed by atoms with Crippen LogP contribution in [-0.4, -0.2) is 5.97 Å². The molecule has 0 amide bonds. The molecule has 1 unspecified atom stereocenters. The van der Waals surface area contributed by atoms with Crippen LogP contribution >= 0.6 is 0 Å². The van der Waals surface area contributed by atoms with Gasteiger partial charge in [0.15, 0.2) is 11.6 Å². The van der Waals surface area contributed by atoms with Crippen molar-refractivity contribution in [1.29, 1.82) is 0 Å². The minimum absolute atomic E-state index is 0.363. The molecule has 0 saturated carbocycles. The first-order valence-electron chi connectivity index (χ1n) is 6.89. The molecule has 0 heterocycles. The van der Waals surface area contributed by atoms with Gasteiger partial charge in [-0.3, -0.25) is 0 Å². The molecule has 0 aromatic heterocycles. The Balaban J connectivity index is 1.85. The number of carbonyl (C=O) groups is 1. The lowest BCUT2D eigenvalue weighted by Crippen LogP contribution is -2.18. The van der Waals surface area contributed by atoms with E-state index in [1.165, 1.54) is 12.1 Å². The molecule has 2 nitrogen and oxygen atoms in total. The van der Waals surface area contributed by atoms with Crippen molar-refractivity contribution < 1.29 is 18.3 Å². The van der Waals surface area contributed by atoms with E-state index in [1.54, 1.807) is 0 Å². The topological polar surface area (TPSA) is 26.3 Å². The van der Waals surface area contributed by atoms with E-state index in [9.17, 15) is 13.6 Å². The van der Waals surface area contributed by atoms with Crippen molar-refractivity contribution in [3.05, 3.63) is 70.8 Å². The van der Waals surface area contributed by atoms with Gasteiger partial charge in [-0.05, 0) is 42.5 Å². The molecule has 1 aliphatic rings. The average Bonchev–Trinajstić information content (AvgIpc) is 2.50. The number of hydrogen-bond donors (Lipinski definition) is 0. The summed E-state index contributed by atoms with van der Waals surface area (Å²) in [5.74, 6) is -3.03. The molecule has 1 aliphatic carbocycles. The Morgan fingerprint density at radius 1 is 1.10 bits per heavy atom. The number of halogens is 2. The summed E-state index contributed by atoms with van der Waals surface area (Å²) in [4.78, 5) is 12.1. The van der Waals surface area contributed by atoms with Crippen molar-refractivity contribution in [2.45, 2.75) is 25.4 Å². The minimum atomic E-state index is -1.16. The summed E-state index contributed by atoms with van der Waals surface area (Å²) in [5.41, 5.74) is 1.73. The van der Waals surface area contributed by atoms with Crippen LogP contribution in [-0.2, 0) is 11.2 Å². The van der Waals surface area contributed by atoms with Crippen molar-refractivity contribution in [2.24, 2.45) is 0 Å². The van der Waals surface area contributed by atoms with Crippen LogP contribution in [0.1, 0.15) is 40.4 Å². The number of benzene rings is 2. The molecule has 1 atom stereocenters. The molecule has 2 aromatic carbocycles. The fourth-order valence-electron chi connectivity index (χ4n) is 2.69. The summed E-state index contributed by atoms with van der Waals surface area (Å²) < 4.78 is 32.2. The van der Waals surface area contributed by atoms with Crippen molar-refractivity contribution in [2.75, 3.05) is 0 Å².